The van der Waals surface area contributed by atoms with Crippen molar-refractivity contribution in [2.75, 3.05) is 31.1 Å². The highest BCUT2D eigenvalue weighted by molar-refractivity contribution is 5.76. The molecule has 1 saturated heterocycles. The van der Waals surface area contributed by atoms with Crippen LogP contribution in [0.15, 0.2) is 28.8 Å². The standard InChI is InChI=1S/C15H19N5O2/c1-12-17-18-14(22-12)5-6-15(21)20-10-8-19(9-11-20)13-4-2-3-7-16-13/h2-4,7H,5-6,8-11H2,1H3. The van der Waals surface area contributed by atoms with Crippen LogP contribution in [-0.2, 0) is 11.2 Å². The van der Waals surface area contributed by atoms with E-state index in [1.165, 1.54) is 0 Å². The van der Waals surface area contributed by atoms with Crippen LogP contribution < -0.4 is 4.90 Å². The van der Waals surface area contributed by atoms with Gasteiger partial charge in [0.2, 0.25) is 17.7 Å². The van der Waals surface area contributed by atoms with Gasteiger partial charge < -0.3 is 14.2 Å². The summed E-state index contributed by atoms with van der Waals surface area (Å²) in [5.74, 6) is 2.16. The van der Waals surface area contributed by atoms with Gasteiger partial charge in [0.1, 0.15) is 5.82 Å². The molecule has 3 rings (SSSR count). The van der Waals surface area contributed by atoms with Crippen molar-refractivity contribution in [1.29, 1.82) is 0 Å². The topological polar surface area (TPSA) is 75.4 Å². The highest BCUT2D eigenvalue weighted by Gasteiger charge is 2.21. The smallest absolute Gasteiger partial charge is 0.223 e. The Kier molecular flexibility index (Phi) is 4.32. The lowest BCUT2D eigenvalue weighted by Crippen LogP contribution is -2.49. The molecular formula is C15H19N5O2. The molecule has 0 saturated carbocycles. The summed E-state index contributed by atoms with van der Waals surface area (Å²) < 4.78 is 5.29. The third-order valence-corrected chi connectivity index (χ3v) is 3.73. The number of pyridine rings is 1. The van der Waals surface area contributed by atoms with Gasteiger partial charge in [-0.2, -0.15) is 0 Å². The van der Waals surface area contributed by atoms with E-state index >= 15 is 0 Å². The molecule has 7 heteroatoms. The average Bonchev–Trinajstić information content (AvgIpc) is 2.99. The Morgan fingerprint density at radius 1 is 1.23 bits per heavy atom. The molecule has 0 N–H and O–H groups in total. The first-order valence-corrected chi connectivity index (χ1v) is 7.45. The third-order valence-electron chi connectivity index (χ3n) is 3.73. The van der Waals surface area contributed by atoms with Crippen LogP contribution in [-0.4, -0.2) is 52.2 Å². The first kappa shape index (κ1) is 14.5. The second kappa shape index (κ2) is 6.55. The molecule has 0 bridgehead atoms. The summed E-state index contributed by atoms with van der Waals surface area (Å²) in [4.78, 5) is 20.7. The molecule has 2 aromatic heterocycles. The van der Waals surface area contributed by atoms with Crippen LogP contribution in [0.5, 0.6) is 0 Å². The fourth-order valence-electron chi connectivity index (χ4n) is 2.54. The first-order valence-electron chi connectivity index (χ1n) is 7.45. The summed E-state index contributed by atoms with van der Waals surface area (Å²) >= 11 is 0. The number of anilines is 1. The largest absolute Gasteiger partial charge is 0.426 e. The van der Waals surface area contributed by atoms with E-state index in [2.05, 4.69) is 20.1 Å². The van der Waals surface area contributed by atoms with Crippen molar-refractivity contribution in [3.8, 4) is 0 Å². The second-order valence-electron chi connectivity index (χ2n) is 5.27. The van der Waals surface area contributed by atoms with Crippen molar-refractivity contribution in [2.45, 2.75) is 19.8 Å². The van der Waals surface area contributed by atoms with E-state index in [1.807, 2.05) is 23.1 Å². The molecule has 22 heavy (non-hydrogen) atoms. The molecule has 3 heterocycles. The Bertz CT molecular complexity index is 620. The summed E-state index contributed by atoms with van der Waals surface area (Å²) in [6.07, 6.45) is 2.70. The fourth-order valence-corrected chi connectivity index (χ4v) is 2.54. The number of aromatic nitrogens is 3. The van der Waals surface area contributed by atoms with E-state index < -0.39 is 0 Å². The predicted octanol–water partition coefficient (Wildman–Crippen LogP) is 1.05. The number of amides is 1. The van der Waals surface area contributed by atoms with E-state index in [1.54, 1.807) is 13.1 Å². The normalized spacial score (nSPS) is 15.1. The zero-order valence-corrected chi connectivity index (χ0v) is 12.6. The van der Waals surface area contributed by atoms with Gasteiger partial charge >= 0.3 is 0 Å². The van der Waals surface area contributed by atoms with Crippen molar-refractivity contribution >= 4 is 11.7 Å². The molecule has 1 aliphatic heterocycles. The summed E-state index contributed by atoms with van der Waals surface area (Å²) in [5, 5.41) is 7.68. The van der Waals surface area contributed by atoms with Crippen molar-refractivity contribution in [3.05, 3.63) is 36.2 Å². The Hall–Kier alpha value is -2.44. The van der Waals surface area contributed by atoms with Crippen molar-refractivity contribution in [3.63, 3.8) is 0 Å². The maximum atomic E-state index is 12.2. The van der Waals surface area contributed by atoms with Gasteiger partial charge in [-0.3, -0.25) is 4.79 Å². The molecule has 1 fully saturated rings. The Morgan fingerprint density at radius 3 is 2.68 bits per heavy atom. The molecule has 0 aliphatic carbocycles. The number of hydrogen-bond donors (Lipinski definition) is 0. The van der Waals surface area contributed by atoms with Crippen LogP contribution in [0, 0.1) is 6.92 Å². The number of piperazine rings is 1. The number of nitrogens with zero attached hydrogens (tertiary/aromatic N) is 5. The van der Waals surface area contributed by atoms with Crippen LogP contribution in [0.3, 0.4) is 0 Å². The number of carbonyl (C=O) groups excluding carboxylic acids is 1. The van der Waals surface area contributed by atoms with E-state index in [4.69, 9.17) is 4.42 Å². The van der Waals surface area contributed by atoms with Crippen molar-refractivity contribution in [2.24, 2.45) is 0 Å². The average molecular weight is 301 g/mol. The summed E-state index contributed by atoms with van der Waals surface area (Å²) in [5.41, 5.74) is 0. The van der Waals surface area contributed by atoms with E-state index in [0.717, 1.165) is 32.0 Å². The lowest BCUT2D eigenvalue weighted by atomic mass is 10.2. The van der Waals surface area contributed by atoms with Gasteiger partial charge in [0.25, 0.3) is 0 Å². The molecule has 1 aliphatic rings. The van der Waals surface area contributed by atoms with Crippen LogP contribution in [0.25, 0.3) is 0 Å². The van der Waals surface area contributed by atoms with E-state index in [9.17, 15) is 4.79 Å². The van der Waals surface area contributed by atoms with Crippen LogP contribution in [0.4, 0.5) is 5.82 Å². The maximum Gasteiger partial charge on any atom is 0.223 e. The lowest BCUT2D eigenvalue weighted by Gasteiger charge is -2.35. The number of aryl methyl sites for hydroxylation is 2. The summed E-state index contributed by atoms with van der Waals surface area (Å²) in [6.45, 7) is 4.80. The van der Waals surface area contributed by atoms with E-state index in [-0.39, 0.29) is 5.91 Å². The van der Waals surface area contributed by atoms with Crippen LogP contribution in [0.2, 0.25) is 0 Å². The molecule has 2 aromatic rings. The highest BCUT2D eigenvalue weighted by atomic mass is 16.4. The summed E-state index contributed by atoms with van der Waals surface area (Å²) in [7, 11) is 0. The van der Waals surface area contributed by atoms with Gasteiger partial charge in [-0.15, -0.1) is 10.2 Å². The molecule has 0 unspecified atom stereocenters. The highest BCUT2D eigenvalue weighted by Crippen LogP contribution is 2.13. The Balaban J connectivity index is 1.47. The predicted molar refractivity (Wildman–Crippen MR) is 80.4 cm³/mol. The van der Waals surface area contributed by atoms with Gasteiger partial charge in [0.05, 0.1) is 0 Å². The number of carbonyl (C=O) groups is 1. The van der Waals surface area contributed by atoms with Gasteiger partial charge in [-0.05, 0) is 12.1 Å². The van der Waals surface area contributed by atoms with Gasteiger partial charge in [-0.25, -0.2) is 4.98 Å². The van der Waals surface area contributed by atoms with Crippen molar-refractivity contribution in [1.82, 2.24) is 20.1 Å². The molecular weight excluding hydrogens is 282 g/mol. The zero-order valence-electron chi connectivity index (χ0n) is 12.6. The van der Waals surface area contributed by atoms with Crippen molar-refractivity contribution < 1.29 is 9.21 Å². The lowest BCUT2D eigenvalue weighted by molar-refractivity contribution is -0.131. The molecule has 7 nitrogen and oxygen atoms in total. The minimum Gasteiger partial charge on any atom is -0.426 e. The monoisotopic (exact) mass is 301 g/mol. The molecule has 0 spiro atoms. The molecule has 116 valence electrons. The molecule has 1 amide bonds. The number of rotatable bonds is 4. The molecule has 0 atom stereocenters. The molecule has 0 radical (unpaired) electrons. The minimum absolute atomic E-state index is 0.136. The zero-order chi connectivity index (χ0) is 15.4. The number of hydrogen-bond acceptors (Lipinski definition) is 6. The fraction of sp³-hybridized carbons (Fsp3) is 0.467. The second-order valence-corrected chi connectivity index (χ2v) is 5.27. The first-order chi connectivity index (χ1) is 10.7. The Labute approximate surface area is 129 Å². The third kappa shape index (κ3) is 3.41. The van der Waals surface area contributed by atoms with Crippen LogP contribution in [0.1, 0.15) is 18.2 Å². The van der Waals surface area contributed by atoms with Gasteiger partial charge in [0.15, 0.2) is 0 Å². The summed E-state index contributed by atoms with van der Waals surface area (Å²) in [6, 6.07) is 5.88. The SMILES string of the molecule is Cc1nnc(CCC(=O)N2CCN(c3ccccn3)CC2)o1. The van der Waals surface area contributed by atoms with Gasteiger partial charge in [0, 0.05) is 52.1 Å². The van der Waals surface area contributed by atoms with E-state index in [0.29, 0.717) is 24.6 Å². The van der Waals surface area contributed by atoms with Gasteiger partial charge in [-0.1, -0.05) is 6.07 Å². The molecule has 0 aromatic carbocycles. The maximum absolute atomic E-state index is 12.2. The Morgan fingerprint density at radius 2 is 2.05 bits per heavy atom. The quantitative estimate of drug-likeness (QED) is 0.840. The van der Waals surface area contributed by atoms with Crippen LogP contribution >= 0.6 is 0 Å². The minimum atomic E-state index is 0.136.